The zero-order chi connectivity index (χ0) is 11.8. The summed E-state index contributed by atoms with van der Waals surface area (Å²) < 4.78 is 0. The maximum atomic E-state index is 5.32. The molecule has 0 aliphatic rings. The highest BCUT2D eigenvalue weighted by molar-refractivity contribution is 5.20. The van der Waals surface area contributed by atoms with Crippen molar-refractivity contribution >= 4 is 0 Å². The van der Waals surface area contributed by atoms with E-state index in [9.17, 15) is 0 Å². The Morgan fingerprint density at radius 1 is 1.50 bits per heavy atom. The first kappa shape index (κ1) is 12.7. The van der Waals surface area contributed by atoms with E-state index >= 15 is 0 Å². The summed E-state index contributed by atoms with van der Waals surface area (Å²) in [7, 11) is 0. The predicted molar refractivity (Wildman–Crippen MR) is 68.1 cm³/mol. The molecule has 16 heavy (non-hydrogen) atoms. The maximum Gasteiger partial charge on any atom is 0.0344 e. The lowest BCUT2D eigenvalue weighted by Gasteiger charge is -2.17. The second-order valence-electron chi connectivity index (χ2n) is 4.05. The number of pyridine rings is 1. The Bertz CT molecular complexity index is 352. The van der Waals surface area contributed by atoms with Crippen molar-refractivity contribution in [1.29, 1.82) is 0 Å². The van der Waals surface area contributed by atoms with E-state index in [1.165, 1.54) is 11.1 Å². The van der Waals surface area contributed by atoms with Gasteiger partial charge in [0.25, 0.3) is 0 Å². The van der Waals surface area contributed by atoms with Gasteiger partial charge in [0, 0.05) is 24.9 Å². The van der Waals surface area contributed by atoms with Crippen LogP contribution in [0.5, 0.6) is 0 Å². The van der Waals surface area contributed by atoms with Crippen molar-refractivity contribution in [3.63, 3.8) is 0 Å². The molecule has 0 saturated heterocycles. The van der Waals surface area contributed by atoms with Gasteiger partial charge in [-0.15, -0.1) is 12.3 Å². The Morgan fingerprint density at radius 2 is 2.31 bits per heavy atom. The number of aromatic nitrogens is 1. The van der Waals surface area contributed by atoms with Crippen LogP contribution in [0.4, 0.5) is 0 Å². The van der Waals surface area contributed by atoms with Crippen LogP contribution in [0, 0.1) is 19.3 Å². The lowest BCUT2D eigenvalue weighted by atomic mass is 10.0. The topological polar surface area (TPSA) is 24.9 Å². The first-order valence-electron chi connectivity index (χ1n) is 5.86. The van der Waals surface area contributed by atoms with E-state index in [-0.39, 0.29) is 0 Å². The van der Waals surface area contributed by atoms with Gasteiger partial charge in [-0.25, -0.2) is 0 Å². The fourth-order valence-electron chi connectivity index (χ4n) is 1.70. The van der Waals surface area contributed by atoms with Crippen molar-refractivity contribution in [2.75, 3.05) is 6.54 Å². The molecular weight excluding hydrogens is 196 g/mol. The summed E-state index contributed by atoms with van der Waals surface area (Å²) in [6.45, 7) is 5.25. The molecule has 0 aliphatic carbocycles. The molecule has 2 heteroatoms. The zero-order valence-corrected chi connectivity index (χ0v) is 10.2. The minimum atomic E-state index is 0.336. The highest BCUT2D eigenvalue weighted by Crippen LogP contribution is 2.18. The molecule has 0 spiro atoms. The highest BCUT2D eigenvalue weighted by Gasteiger charge is 2.09. The number of hydrogen-bond donors (Lipinski definition) is 1. The van der Waals surface area contributed by atoms with E-state index in [0.717, 1.165) is 25.8 Å². The third-order valence-corrected chi connectivity index (χ3v) is 2.52. The van der Waals surface area contributed by atoms with E-state index in [0.29, 0.717) is 6.04 Å². The van der Waals surface area contributed by atoms with Gasteiger partial charge in [0.2, 0.25) is 0 Å². The minimum absolute atomic E-state index is 0.336. The van der Waals surface area contributed by atoms with Crippen LogP contribution in [-0.4, -0.2) is 11.5 Å². The minimum Gasteiger partial charge on any atom is -0.310 e. The molecular formula is C14H20N2. The third kappa shape index (κ3) is 4.04. The number of terminal acetylenes is 1. The summed E-state index contributed by atoms with van der Waals surface area (Å²) in [5, 5.41) is 3.51. The van der Waals surface area contributed by atoms with Crippen LogP contribution >= 0.6 is 0 Å². The Balaban J connectivity index is 2.70. The number of nitrogens with zero attached hydrogens (tertiary/aromatic N) is 1. The quantitative estimate of drug-likeness (QED) is 0.740. The molecule has 0 fully saturated rings. The normalized spacial score (nSPS) is 12.1. The average Bonchev–Trinajstić information content (AvgIpc) is 2.29. The van der Waals surface area contributed by atoms with Gasteiger partial charge in [0.1, 0.15) is 0 Å². The summed E-state index contributed by atoms with van der Waals surface area (Å²) >= 11 is 0. The zero-order valence-electron chi connectivity index (χ0n) is 10.2. The lowest BCUT2D eigenvalue weighted by molar-refractivity contribution is 0.504. The standard InChI is InChI=1S/C14H20N2/c1-4-6-7-14(16-8-5-2)13-9-12(3)10-15-11-13/h1,9-11,14,16H,5-8H2,2-3H3. The van der Waals surface area contributed by atoms with Crippen LogP contribution < -0.4 is 5.32 Å². The van der Waals surface area contributed by atoms with Crippen LogP contribution in [0.2, 0.25) is 0 Å². The fourth-order valence-corrected chi connectivity index (χ4v) is 1.70. The van der Waals surface area contributed by atoms with Gasteiger partial charge in [0.15, 0.2) is 0 Å². The molecule has 1 rings (SSSR count). The molecule has 0 amide bonds. The molecule has 1 aromatic rings. The first-order valence-corrected chi connectivity index (χ1v) is 5.86. The van der Waals surface area contributed by atoms with Crippen LogP contribution in [0.1, 0.15) is 43.4 Å². The van der Waals surface area contributed by atoms with Crippen molar-refractivity contribution in [2.24, 2.45) is 0 Å². The van der Waals surface area contributed by atoms with Gasteiger partial charge in [-0.2, -0.15) is 0 Å². The highest BCUT2D eigenvalue weighted by atomic mass is 14.9. The molecule has 1 atom stereocenters. The molecule has 86 valence electrons. The maximum absolute atomic E-state index is 5.32. The molecule has 0 aromatic carbocycles. The molecule has 2 nitrogen and oxygen atoms in total. The molecule has 0 bridgehead atoms. The fraction of sp³-hybridized carbons (Fsp3) is 0.500. The van der Waals surface area contributed by atoms with Gasteiger partial charge in [-0.3, -0.25) is 4.98 Å². The number of hydrogen-bond acceptors (Lipinski definition) is 2. The van der Waals surface area contributed by atoms with E-state index in [1.54, 1.807) is 0 Å². The number of rotatable bonds is 6. The lowest BCUT2D eigenvalue weighted by Crippen LogP contribution is -2.22. The molecule has 1 aromatic heterocycles. The van der Waals surface area contributed by atoms with Crippen LogP contribution in [0.25, 0.3) is 0 Å². The van der Waals surface area contributed by atoms with Gasteiger partial charge in [-0.05, 0) is 37.4 Å². The van der Waals surface area contributed by atoms with E-state index in [4.69, 9.17) is 6.42 Å². The monoisotopic (exact) mass is 216 g/mol. The van der Waals surface area contributed by atoms with E-state index in [1.807, 2.05) is 12.4 Å². The van der Waals surface area contributed by atoms with Gasteiger partial charge >= 0.3 is 0 Å². The second kappa shape index (κ2) is 7.03. The molecule has 1 unspecified atom stereocenters. The molecule has 1 heterocycles. The summed E-state index contributed by atoms with van der Waals surface area (Å²) in [5.41, 5.74) is 2.44. The summed E-state index contributed by atoms with van der Waals surface area (Å²) in [6.07, 6.45) is 12.0. The summed E-state index contributed by atoms with van der Waals surface area (Å²) in [5.74, 6) is 2.70. The van der Waals surface area contributed by atoms with Gasteiger partial charge in [0.05, 0.1) is 0 Å². The Kier molecular flexibility index (Phi) is 5.60. The molecule has 1 N–H and O–H groups in total. The van der Waals surface area contributed by atoms with Gasteiger partial charge < -0.3 is 5.32 Å². The van der Waals surface area contributed by atoms with Crippen molar-refractivity contribution in [2.45, 2.75) is 39.2 Å². The number of aryl methyl sites for hydroxylation is 1. The average molecular weight is 216 g/mol. The van der Waals surface area contributed by atoms with Crippen molar-refractivity contribution in [3.05, 3.63) is 29.6 Å². The van der Waals surface area contributed by atoms with Crippen LogP contribution in [0.15, 0.2) is 18.5 Å². The van der Waals surface area contributed by atoms with Crippen molar-refractivity contribution in [1.82, 2.24) is 10.3 Å². The van der Waals surface area contributed by atoms with E-state index in [2.05, 4.69) is 36.1 Å². The smallest absolute Gasteiger partial charge is 0.0344 e. The van der Waals surface area contributed by atoms with E-state index < -0.39 is 0 Å². The van der Waals surface area contributed by atoms with Gasteiger partial charge in [-0.1, -0.05) is 13.0 Å². The van der Waals surface area contributed by atoms with Crippen LogP contribution in [0.3, 0.4) is 0 Å². The van der Waals surface area contributed by atoms with Crippen LogP contribution in [-0.2, 0) is 0 Å². The van der Waals surface area contributed by atoms with Crippen molar-refractivity contribution < 1.29 is 0 Å². The third-order valence-electron chi connectivity index (χ3n) is 2.52. The first-order chi connectivity index (χ1) is 7.77. The summed E-state index contributed by atoms with van der Waals surface area (Å²) in [6, 6.07) is 2.51. The SMILES string of the molecule is C#CCCC(NCCC)c1cncc(C)c1. The largest absolute Gasteiger partial charge is 0.310 e. The Labute approximate surface area is 98.5 Å². The molecule has 0 aliphatic heterocycles. The Hall–Kier alpha value is -1.33. The summed E-state index contributed by atoms with van der Waals surface area (Å²) in [4.78, 5) is 4.23. The number of nitrogens with one attached hydrogen (secondary N) is 1. The Morgan fingerprint density at radius 3 is 2.94 bits per heavy atom. The van der Waals surface area contributed by atoms with Crippen molar-refractivity contribution in [3.8, 4) is 12.3 Å². The predicted octanol–water partition coefficient (Wildman–Crippen LogP) is 2.84. The molecule has 0 saturated carbocycles. The second-order valence-corrected chi connectivity index (χ2v) is 4.05. The molecule has 0 radical (unpaired) electrons.